The van der Waals surface area contributed by atoms with E-state index in [-0.39, 0.29) is 11.8 Å². The Morgan fingerprint density at radius 1 is 1.35 bits per heavy atom. The standard InChI is InChI=1S/C12H16ClN3O/c13-10-2-1-3-11(16-10)15-9-6-4-8(5-7-9)12(14)17/h1-3,8-9H,4-7H2,(H2,14,17)(H,15,16). The van der Waals surface area contributed by atoms with Crippen LogP contribution in [-0.4, -0.2) is 16.9 Å². The number of halogens is 1. The first-order valence-electron chi connectivity index (χ1n) is 5.83. The van der Waals surface area contributed by atoms with Gasteiger partial charge < -0.3 is 11.1 Å². The molecule has 1 aromatic rings. The minimum Gasteiger partial charge on any atom is -0.369 e. The number of amides is 1. The number of primary amides is 1. The number of hydrogen-bond acceptors (Lipinski definition) is 3. The molecular weight excluding hydrogens is 238 g/mol. The van der Waals surface area contributed by atoms with Gasteiger partial charge in [0, 0.05) is 12.0 Å². The second kappa shape index (κ2) is 5.36. The van der Waals surface area contributed by atoms with E-state index in [2.05, 4.69) is 10.3 Å². The maximum atomic E-state index is 11.0. The average Bonchev–Trinajstić information content (AvgIpc) is 2.29. The molecular formula is C12H16ClN3O. The molecule has 1 aromatic heterocycles. The van der Waals surface area contributed by atoms with Crippen molar-refractivity contribution in [3.8, 4) is 0 Å². The van der Waals surface area contributed by atoms with Gasteiger partial charge in [-0.25, -0.2) is 4.98 Å². The predicted octanol–water partition coefficient (Wildman–Crippen LogP) is 2.19. The number of aromatic nitrogens is 1. The molecule has 17 heavy (non-hydrogen) atoms. The SMILES string of the molecule is NC(=O)C1CCC(Nc2cccc(Cl)n2)CC1. The smallest absolute Gasteiger partial charge is 0.220 e. The Kier molecular flexibility index (Phi) is 3.84. The summed E-state index contributed by atoms with van der Waals surface area (Å²) < 4.78 is 0. The maximum Gasteiger partial charge on any atom is 0.220 e. The molecule has 1 aliphatic rings. The zero-order valence-electron chi connectivity index (χ0n) is 9.53. The fourth-order valence-electron chi connectivity index (χ4n) is 2.22. The van der Waals surface area contributed by atoms with Crippen LogP contribution in [0.5, 0.6) is 0 Å². The summed E-state index contributed by atoms with van der Waals surface area (Å²) in [6.45, 7) is 0. The van der Waals surface area contributed by atoms with Gasteiger partial charge in [-0.15, -0.1) is 0 Å². The molecule has 0 radical (unpaired) electrons. The quantitative estimate of drug-likeness (QED) is 0.812. The number of nitrogens with two attached hydrogens (primary N) is 1. The number of carbonyl (C=O) groups excluding carboxylic acids is 1. The van der Waals surface area contributed by atoms with E-state index >= 15 is 0 Å². The molecule has 1 amide bonds. The van der Waals surface area contributed by atoms with Gasteiger partial charge in [0.05, 0.1) is 0 Å². The van der Waals surface area contributed by atoms with Crippen LogP contribution in [0, 0.1) is 5.92 Å². The molecule has 0 aliphatic heterocycles. The van der Waals surface area contributed by atoms with Crippen LogP contribution in [-0.2, 0) is 4.79 Å². The zero-order chi connectivity index (χ0) is 12.3. The number of nitrogens with zero attached hydrogens (tertiary/aromatic N) is 1. The van der Waals surface area contributed by atoms with Gasteiger partial charge in [-0.3, -0.25) is 4.79 Å². The Hall–Kier alpha value is -1.29. The molecule has 1 saturated carbocycles. The molecule has 0 saturated heterocycles. The highest BCUT2D eigenvalue weighted by Gasteiger charge is 2.24. The molecule has 0 aromatic carbocycles. The van der Waals surface area contributed by atoms with E-state index in [1.54, 1.807) is 6.07 Å². The molecule has 92 valence electrons. The van der Waals surface area contributed by atoms with Crippen molar-refractivity contribution in [2.45, 2.75) is 31.7 Å². The summed E-state index contributed by atoms with van der Waals surface area (Å²) in [6.07, 6.45) is 3.60. The Morgan fingerprint density at radius 2 is 2.06 bits per heavy atom. The van der Waals surface area contributed by atoms with Crippen LogP contribution in [0.1, 0.15) is 25.7 Å². The molecule has 2 rings (SSSR count). The lowest BCUT2D eigenvalue weighted by Crippen LogP contribution is -2.32. The highest BCUT2D eigenvalue weighted by atomic mass is 35.5. The third-order valence-corrected chi connectivity index (χ3v) is 3.41. The Balaban J connectivity index is 1.88. The third kappa shape index (κ3) is 3.33. The summed E-state index contributed by atoms with van der Waals surface area (Å²) in [5.41, 5.74) is 5.30. The van der Waals surface area contributed by atoms with Crippen LogP contribution >= 0.6 is 11.6 Å². The van der Waals surface area contributed by atoms with Crippen molar-refractivity contribution in [1.29, 1.82) is 0 Å². The number of carbonyl (C=O) groups is 1. The summed E-state index contributed by atoms with van der Waals surface area (Å²) in [6, 6.07) is 5.87. The van der Waals surface area contributed by atoms with Gasteiger partial charge in [-0.2, -0.15) is 0 Å². The van der Waals surface area contributed by atoms with Crippen LogP contribution in [0.15, 0.2) is 18.2 Å². The highest BCUT2D eigenvalue weighted by molar-refractivity contribution is 6.29. The van der Waals surface area contributed by atoms with E-state index in [1.807, 2.05) is 12.1 Å². The van der Waals surface area contributed by atoms with Gasteiger partial charge in [-0.1, -0.05) is 17.7 Å². The van der Waals surface area contributed by atoms with Crippen LogP contribution in [0.25, 0.3) is 0 Å². The first-order valence-corrected chi connectivity index (χ1v) is 6.21. The van der Waals surface area contributed by atoms with Crippen molar-refractivity contribution in [3.05, 3.63) is 23.4 Å². The van der Waals surface area contributed by atoms with Crippen LogP contribution in [0.4, 0.5) is 5.82 Å². The fraction of sp³-hybridized carbons (Fsp3) is 0.500. The summed E-state index contributed by atoms with van der Waals surface area (Å²) in [5, 5.41) is 3.82. The van der Waals surface area contributed by atoms with Crippen molar-refractivity contribution in [2.75, 3.05) is 5.32 Å². The van der Waals surface area contributed by atoms with E-state index in [1.165, 1.54) is 0 Å². The predicted molar refractivity (Wildman–Crippen MR) is 67.8 cm³/mol. The molecule has 1 fully saturated rings. The number of nitrogens with one attached hydrogen (secondary N) is 1. The summed E-state index contributed by atoms with van der Waals surface area (Å²) in [5.74, 6) is 0.657. The molecule has 5 heteroatoms. The largest absolute Gasteiger partial charge is 0.369 e. The summed E-state index contributed by atoms with van der Waals surface area (Å²) >= 11 is 5.81. The lowest BCUT2D eigenvalue weighted by atomic mass is 9.85. The molecule has 1 heterocycles. The van der Waals surface area contributed by atoms with E-state index < -0.39 is 0 Å². The van der Waals surface area contributed by atoms with Gasteiger partial charge in [0.2, 0.25) is 5.91 Å². The Bertz CT molecular complexity index is 402. The van der Waals surface area contributed by atoms with Crippen molar-refractivity contribution < 1.29 is 4.79 Å². The van der Waals surface area contributed by atoms with Gasteiger partial charge in [0.25, 0.3) is 0 Å². The average molecular weight is 254 g/mol. The van der Waals surface area contributed by atoms with Crippen molar-refractivity contribution >= 4 is 23.3 Å². The van der Waals surface area contributed by atoms with E-state index in [4.69, 9.17) is 17.3 Å². The first kappa shape index (κ1) is 12.2. The summed E-state index contributed by atoms with van der Waals surface area (Å²) in [4.78, 5) is 15.2. The monoisotopic (exact) mass is 253 g/mol. The Morgan fingerprint density at radius 3 is 2.65 bits per heavy atom. The molecule has 0 bridgehead atoms. The van der Waals surface area contributed by atoms with E-state index in [9.17, 15) is 4.79 Å². The minimum atomic E-state index is -0.177. The zero-order valence-corrected chi connectivity index (χ0v) is 10.3. The number of anilines is 1. The van der Waals surface area contributed by atoms with Gasteiger partial charge in [-0.05, 0) is 37.8 Å². The first-order chi connectivity index (χ1) is 8.15. The lowest BCUT2D eigenvalue weighted by Gasteiger charge is -2.27. The van der Waals surface area contributed by atoms with Gasteiger partial charge in [0.15, 0.2) is 0 Å². The number of hydrogen-bond donors (Lipinski definition) is 2. The van der Waals surface area contributed by atoms with Crippen LogP contribution < -0.4 is 11.1 Å². The van der Waals surface area contributed by atoms with E-state index in [0.29, 0.717) is 11.2 Å². The third-order valence-electron chi connectivity index (χ3n) is 3.20. The molecule has 0 spiro atoms. The van der Waals surface area contributed by atoms with E-state index in [0.717, 1.165) is 31.5 Å². The molecule has 1 aliphatic carbocycles. The Labute approximate surface area is 106 Å². The van der Waals surface area contributed by atoms with Crippen LogP contribution in [0.2, 0.25) is 5.15 Å². The lowest BCUT2D eigenvalue weighted by molar-refractivity contribution is -0.122. The molecule has 3 N–H and O–H groups in total. The highest BCUT2D eigenvalue weighted by Crippen LogP contribution is 2.26. The fourth-order valence-corrected chi connectivity index (χ4v) is 2.38. The normalized spacial score (nSPS) is 24.3. The molecule has 4 nitrogen and oxygen atoms in total. The minimum absolute atomic E-state index is 0.0420. The van der Waals surface area contributed by atoms with Gasteiger partial charge in [0.1, 0.15) is 11.0 Å². The van der Waals surface area contributed by atoms with Crippen LogP contribution in [0.3, 0.4) is 0 Å². The summed E-state index contributed by atoms with van der Waals surface area (Å²) in [7, 11) is 0. The topological polar surface area (TPSA) is 68.0 Å². The maximum absolute atomic E-state index is 11.0. The van der Waals surface area contributed by atoms with Gasteiger partial charge >= 0.3 is 0 Å². The number of pyridine rings is 1. The molecule has 0 unspecified atom stereocenters. The molecule has 0 atom stereocenters. The van der Waals surface area contributed by atoms with Crippen molar-refractivity contribution in [3.63, 3.8) is 0 Å². The second-order valence-corrected chi connectivity index (χ2v) is 4.83. The number of rotatable bonds is 3. The second-order valence-electron chi connectivity index (χ2n) is 4.44. The van der Waals surface area contributed by atoms with Crippen molar-refractivity contribution in [2.24, 2.45) is 11.7 Å². The van der Waals surface area contributed by atoms with Crippen molar-refractivity contribution in [1.82, 2.24) is 4.98 Å².